The maximum absolute atomic E-state index is 10.3. The summed E-state index contributed by atoms with van der Waals surface area (Å²) in [5.74, 6) is 0.500. The molecular weight excluding hydrogens is 350 g/mol. The van der Waals surface area contributed by atoms with Gasteiger partial charge in [-0.2, -0.15) is 0 Å². The van der Waals surface area contributed by atoms with Gasteiger partial charge in [-0.1, -0.05) is 15.9 Å². The Morgan fingerprint density at radius 3 is 2.52 bits per heavy atom. The van der Waals surface area contributed by atoms with Crippen LogP contribution in [-0.4, -0.2) is 22.5 Å². The van der Waals surface area contributed by atoms with Crippen molar-refractivity contribution in [1.82, 2.24) is 4.98 Å². The van der Waals surface area contributed by atoms with Crippen molar-refractivity contribution >= 4 is 44.4 Å². The summed E-state index contributed by atoms with van der Waals surface area (Å²) in [6.07, 6.45) is 0. The molecule has 1 aliphatic heterocycles. The Morgan fingerprint density at radius 2 is 1.95 bits per heavy atom. The van der Waals surface area contributed by atoms with Gasteiger partial charge in [-0.25, -0.2) is 4.98 Å². The van der Waals surface area contributed by atoms with Gasteiger partial charge in [0.15, 0.2) is 0 Å². The first kappa shape index (κ1) is 14.3. The van der Waals surface area contributed by atoms with Crippen LogP contribution >= 0.6 is 27.3 Å². The lowest BCUT2D eigenvalue weighted by Gasteiger charge is -2.18. The van der Waals surface area contributed by atoms with E-state index < -0.39 is 0 Å². The summed E-state index contributed by atoms with van der Waals surface area (Å²) < 4.78 is 0.987. The molecule has 1 aliphatic rings. The van der Waals surface area contributed by atoms with Crippen LogP contribution in [0.5, 0.6) is 0 Å². The summed E-state index contributed by atoms with van der Waals surface area (Å²) in [6.45, 7) is 4.25. The number of aromatic nitrogens is 1. The third kappa shape index (κ3) is 2.49. The van der Waals surface area contributed by atoms with Gasteiger partial charge in [0.25, 0.3) is 0 Å². The summed E-state index contributed by atoms with van der Waals surface area (Å²) in [5, 5.41) is 19.3. The number of rotatable bonds is 2. The number of benzene rings is 1. The van der Waals surface area contributed by atoms with Gasteiger partial charge in [0.1, 0.15) is 16.6 Å². The maximum atomic E-state index is 10.3. The Kier molecular flexibility index (Phi) is 3.59. The molecule has 0 saturated heterocycles. The minimum absolute atomic E-state index is 0.205. The molecule has 6 heteroatoms. The molecule has 1 aromatic heterocycles. The number of aryl methyl sites for hydroxylation is 2. The maximum Gasteiger partial charge on any atom is 0.139 e. The summed E-state index contributed by atoms with van der Waals surface area (Å²) >= 11 is 4.91. The first-order chi connectivity index (χ1) is 9.97. The minimum atomic E-state index is 0.205. The third-order valence-electron chi connectivity index (χ3n) is 3.48. The number of anilines is 1. The molecule has 0 amide bonds. The van der Waals surface area contributed by atoms with E-state index in [9.17, 15) is 5.11 Å². The Morgan fingerprint density at radius 1 is 1.29 bits per heavy atom. The molecule has 0 atom stereocenters. The smallest absolute Gasteiger partial charge is 0.139 e. The van der Waals surface area contributed by atoms with Crippen molar-refractivity contribution in [3.05, 3.63) is 50.1 Å². The molecular formula is C15H14BrN3OS. The Hall–Kier alpha value is -1.66. The lowest BCUT2D eigenvalue weighted by molar-refractivity contribution is 0.411. The van der Waals surface area contributed by atoms with Crippen molar-refractivity contribution < 1.29 is 5.11 Å². The average molecular weight is 364 g/mol. The number of nitrogens with one attached hydrogen (secondary N) is 1. The fourth-order valence-corrected chi connectivity index (χ4v) is 3.47. The molecule has 0 aliphatic carbocycles. The highest BCUT2D eigenvalue weighted by Crippen LogP contribution is 2.34. The number of aliphatic hydroxyl groups is 1. The van der Waals surface area contributed by atoms with E-state index in [4.69, 9.17) is 5.41 Å². The second-order valence-corrected chi connectivity index (χ2v) is 7.01. The van der Waals surface area contributed by atoms with Crippen LogP contribution in [0.2, 0.25) is 0 Å². The molecule has 1 aromatic carbocycles. The van der Waals surface area contributed by atoms with Crippen molar-refractivity contribution in [2.45, 2.75) is 13.8 Å². The fourth-order valence-electron chi connectivity index (χ4n) is 2.23. The Labute approximate surface area is 135 Å². The molecule has 2 aromatic rings. The molecule has 0 bridgehead atoms. The fraction of sp³-hybridized carbons (Fsp3) is 0.200. The zero-order chi connectivity index (χ0) is 15.1. The van der Waals surface area contributed by atoms with Gasteiger partial charge < -0.3 is 10.0 Å². The van der Waals surface area contributed by atoms with E-state index in [2.05, 4.69) is 20.9 Å². The van der Waals surface area contributed by atoms with Crippen molar-refractivity contribution in [3.8, 4) is 0 Å². The standard InChI is InChI=1S/C15H14BrN3OS/c1-8-9(2)21-15(18-8)13-12(20)7-19(14(13)17)11-5-3-10(16)4-6-11/h3-6,17,20H,7H2,1-2H3. The minimum Gasteiger partial charge on any atom is -0.510 e. The van der Waals surface area contributed by atoms with Crippen molar-refractivity contribution in [2.24, 2.45) is 0 Å². The predicted molar refractivity (Wildman–Crippen MR) is 90.4 cm³/mol. The Balaban J connectivity index is 1.95. The first-order valence-corrected chi connectivity index (χ1v) is 8.07. The van der Waals surface area contributed by atoms with E-state index in [1.807, 2.05) is 38.1 Å². The van der Waals surface area contributed by atoms with Gasteiger partial charge >= 0.3 is 0 Å². The number of halogens is 1. The Bertz CT molecular complexity index is 729. The van der Waals surface area contributed by atoms with Crippen LogP contribution in [0.1, 0.15) is 15.6 Å². The molecule has 4 nitrogen and oxygen atoms in total. The van der Waals surface area contributed by atoms with Crippen LogP contribution in [0.25, 0.3) is 5.57 Å². The highest BCUT2D eigenvalue weighted by molar-refractivity contribution is 9.10. The molecule has 0 spiro atoms. The van der Waals surface area contributed by atoms with Gasteiger partial charge in [0.2, 0.25) is 0 Å². The second-order valence-electron chi connectivity index (χ2n) is 4.89. The quantitative estimate of drug-likeness (QED) is 0.836. The topological polar surface area (TPSA) is 60.2 Å². The molecule has 2 N–H and O–H groups in total. The summed E-state index contributed by atoms with van der Waals surface area (Å²) in [4.78, 5) is 7.35. The lowest BCUT2D eigenvalue weighted by Crippen LogP contribution is -2.25. The van der Waals surface area contributed by atoms with Crippen molar-refractivity contribution in [2.75, 3.05) is 11.4 Å². The normalized spacial score (nSPS) is 15.2. The van der Waals surface area contributed by atoms with Gasteiger partial charge in [-0.15, -0.1) is 11.3 Å². The van der Waals surface area contributed by atoms with E-state index in [1.54, 1.807) is 4.90 Å². The molecule has 3 rings (SSSR count). The molecule has 0 fully saturated rings. The van der Waals surface area contributed by atoms with Crippen LogP contribution in [0.15, 0.2) is 34.5 Å². The molecule has 21 heavy (non-hydrogen) atoms. The summed E-state index contributed by atoms with van der Waals surface area (Å²) in [6, 6.07) is 7.70. The number of amidine groups is 1. The van der Waals surface area contributed by atoms with E-state index in [1.165, 1.54) is 11.3 Å². The number of hydrogen-bond acceptors (Lipinski definition) is 4. The first-order valence-electron chi connectivity index (χ1n) is 6.46. The summed E-state index contributed by atoms with van der Waals surface area (Å²) in [7, 11) is 0. The van der Waals surface area contributed by atoms with E-state index in [0.29, 0.717) is 23.0 Å². The van der Waals surface area contributed by atoms with Crippen LogP contribution < -0.4 is 4.90 Å². The van der Waals surface area contributed by atoms with Crippen LogP contribution in [0.3, 0.4) is 0 Å². The monoisotopic (exact) mass is 363 g/mol. The largest absolute Gasteiger partial charge is 0.510 e. The predicted octanol–water partition coefficient (Wildman–Crippen LogP) is 4.29. The average Bonchev–Trinajstić information content (AvgIpc) is 2.91. The molecule has 0 radical (unpaired) electrons. The van der Waals surface area contributed by atoms with Gasteiger partial charge in [-0.3, -0.25) is 5.41 Å². The van der Waals surface area contributed by atoms with Crippen LogP contribution in [-0.2, 0) is 0 Å². The molecule has 108 valence electrons. The number of hydrogen-bond donors (Lipinski definition) is 2. The number of thiazole rings is 1. The van der Waals surface area contributed by atoms with E-state index >= 15 is 0 Å². The van der Waals surface area contributed by atoms with Crippen molar-refractivity contribution in [3.63, 3.8) is 0 Å². The number of nitrogens with zero attached hydrogens (tertiary/aromatic N) is 2. The highest BCUT2D eigenvalue weighted by Gasteiger charge is 2.31. The lowest BCUT2D eigenvalue weighted by atomic mass is 10.2. The molecule has 0 saturated carbocycles. The van der Waals surface area contributed by atoms with E-state index in [0.717, 1.165) is 20.7 Å². The zero-order valence-corrected chi connectivity index (χ0v) is 14.0. The van der Waals surface area contributed by atoms with Crippen LogP contribution in [0, 0.1) is 19.3 Å². The molecule has 2 heterocycles. The van der Waals surface area contributed by atoms with Gasteiger partial charge in [-0.05, 0) is 38.1 Å². The SMILES string of the molecule is Cc1nc(C2=C(O)CN(c3ccc(Br)cc3)C2=N)sc1C. The zero-order valence-electron chi connectivity index (χ0n) is 11.6. The summed E-state index contributed by atoms with van der Waals surface area (Å²) in [5.41, 5.74) is 2.37. The molecule has 0 unspecified atom stereocenters. The van der Waals surface area contributed by atoms with E-state index in [-0.39, 0.29) is 5.76 Å². The number of aliphatic hydroxyl groups excluding tert-OH is 1. The van der Waals surface area contributed by atoms with Crippen molar-refractivity contribution in [1.29, 1.82) is 5.41 Å². The highest BCUT2D eigenvalue weighted by atomic mass is 79.9. The second kappa shape index (κ2) is 5.27. The third-order valence-corrected chi connectivity index (χ3v) is 5.10. The van der Waals surface area contributed by atoms with Gasteiger partial charge in [0, 0.05) is 15.0 Å². The van der Waals surface area contributed by atoms with Gasteiger partial charge in [0.05, 0.1) is 17.8 Å². The van der Waals surface area contributed by atoms with Crippen LogP contribution in [0.4, 0.5) is 5.69 Å².